The van der Waals surface area contributed by atoms with Crippen molar-refractivity contribution in [2.75, 3.05) is 7.11 Å². The Morgan fingerprint density at radius 1 is 1.16 bits per heavy atom. The molecule has 0 aliphatic rings. The lowest BCUT2D eigenvalue weighted by Crippen LogP contribution is -1.99. The quantitative estimate of drug-likeness (QED) is 0.615. The Balaban J connectivity index is 2.23. The highest BCUT2D eigenvalue weighted by Crippen LogP contribution is 2.20. The molecule has 0 amide bonds. The molecule has 0 unspecified atom stereocenters. The van der Waals surface area contributed by atoms with Crippen molar-refractivity contribution in [2.45, 2.75) is 0 Å². The van der Waals surface area contributed by atoms with Gasteiger partial charge in [0.25, 0.3) is 0 Å². The lowest BCUT2D eigenvalue weighted by Gasteiger charge is -2.05. The Morgan fingerprint density at radius 3 is 2.58 bits per heavy atom. The summed E-state index contributed by atoms with van der Waals surface area (Å²) in [6, 6.07) is 13.3. The molecule has 0 radical (unpaired) electrons. The van der Waals surface area contributed by atoms with Crippen molar-refractivity contribution in [1.82, 2.24) is 0 Å². The van der Waals surface area contributed by atoms with E-state index in [0.29, 0.717) is 5.56 Å². The first-order valence-corrected chi connectivity index (χ1v) is 5.81. The van der Waals surface area contributed by atoms with E-state index in [1.807, 2.05) is 30.3 Å². The molecule has 19 heavy (non-hydrogen) atoms. The Labute approximate surface area is 111 Å². The minimum Gasteiger partial charge on any atom is -0.496 e. The number of carbonyl (C=O) groups is 1. The number of benzene rings is 2. The summed E-state index contributed by atoms with van der Waals surface area (Å²) >= 11 is 0. The highest BCUT2D eigenvalue weighted by Gasteiger charge is 2.10. The van der Waals surface area contributed by atoms with E-state index in [1.165, 1.54) is 31.4 Å². The molecule has 96 valence electrons. The van der Waals surface area contributed by atoms with Crippen molar-refractivity contribution < 1.29 is 13.9 Å². The number of ether oxygens (including phenoxy) is 1. The lowest BCUT2D eigenvalue weighted by molar-refractivity contribution is 0.104. The van der Waals surface area contributed by atoms with Gasteiger partial charge in [-0.2, -0.15) is 0 Å². The van der Waals surface area contributed by atoms with Crippen LogP contribution in [-0.2, 0) is 0 Å². The summed E-state index contributed by atoms with van der Waals surface area (Å²) < 4.78 is 18.0. The number of methoxy groups -OCH3 is 1. The summed E-state index contributed by atoms with van der Waals surface area (Å²) in [4.78, 5) is 12.0. The van der Waals surface area contributed by atoms with Crippen LogP contribution in [0.1, 0.15) is 15.9 Å². The summed E-state index contributed by atoms with van der Waals surface area (Å²) in [6.45, 7) is 0. The molecule has 0 atom stereocenters. The Morgan fingerprint density at radius 2 is 1.89 bits per heavy atom. The number of carbonyl (C=O) groups excluding carboxylic acids is 1. The predicted octanol–water partition coefficient (Wildman–Crippen LogP) is 3.73. The minimum atomic E-state index is -0.430. The highest BCUT2D eigenvalue weighted by atomic mass is 19.1. The Bertz CT molecular complexity index is 603. The maximum Gasteiger partial charge on any atom is 0.189 e. The average molecular weight is 256 g/mol. The van der Waals surface area contributed by atoms with Gasteiger partial charge in [-0.25, -0.2) is 4.39 Å². The van der Waals surface area contributed by atoms with Gasteiger partial charge in [0.2, 0.25) is 0 Å². The van der Waals surface area contributed by atoms with Crippen LogP contribution < -0.4 is 4.74 Å². The van der Waals surface area contributed by atoms with Crippen LogP contribution in [0, 0.1) is 5.82 Å². The summed E-state index contributed by atoms with van der Waals surface area (Å²) in [6.07, 6.45) is 3.16. The second-order valence-electron chi connectivity index (χ2n) is 3.95. The molecule has 0 aromatic heterocycles. The van der Waals surface area contributed by atoms with Crippen molar-refractivity contribution in [3.8, 4) is 5.75 Å². The van der Waals surface area contributed by atoms with Gasteiger partial charge in [0.05, 0.1) is 12.7 Å². The fraction of sp³-hybridized carbons (Fsp3) is 0.0625. The number of ketones is 1. The highest BCUT2D eigenvalue weighted by molar-refractivity contribution is 6.08. The van der Waals surface area contributed by atoms with Crippen LogP contribution in [0.5, 0.6) is 5.75 Å². The molecule has 2 aromatic rings. The summed E-state index contributed by atoms with van der Waals surface area (Å²) in [5.74, 6) is -0.413. The molecule has 0 aliphatic carbocycles. The fourth-order valence-corrected chi connectivity index (χ4v) is 1.69. The maximum absolute atomic E-state index is 13.0. The first kappa shape index (κ1) is 13.0. The van der Waals surface area contributed by atoms with Crippen molar-refractivity contribution in [1.29, 1.82) is 0 Å². The third-order valence-electron chi connectivity index (χ3n) is 2.66. The number of allylic oxidation sites excluding steroid dienone is 1. The van der Waals surface area contributed by atoms with Gasteiger partial charge in [-0.3, -0.25) is 4.79 Å². The molecule has 2 rings (SSSR count). The minimum absolute atomic E-state index is 0.222. The van der Waals surface area contributed by atoms with Gasteiger partial charge in [0, 0.05) is 6.07 Å². The molecule has 0 fully saturated rings. The first-order chi connectivity index (χ1) is 9.20. The standard InChI is InChI=1S/C16H13FO2/c1-19-16-11-13(17)8-9-14(16)15(18)10-7-12-5-3-2-4-6-12/h2-11H,1H3. The lowest BCUT2D eigenvalue weighted by atomic mass is 10.1. The zero-order chi connectivity index (χ0) is 13.7. The van der Waals surface area contributed by atoms with E-state index in [1.54, 1.807) is 6.08 Å². The SMILES string of the molecule is COc1cc(F)ccc1C(=O)C=Cc1ccccc1. The van der Waals surface area contributed by atoms with Crippen molar-refractivity contribution in [3.63, 3.8) is 0 Å². The molecule has 0 spiro atoms. The van der Waals surface area contributed by atoms with Crippen molar-refractivity contribution >= 4 is 11.9 Å². The van der Waals surface area contributed by atoms with Crippen LogP contribution in [0.4, 0.5) is 4.39 Å². The molecule has 3 heteroatoms. The summed E-state index contributed by atoms with van der Waals surface area (Å²) in [5, 5.41) is 0. The average Bonchev–Trinajstić information content (AvgIpc) is 2.45. The van der Waals surface area contributed by atoms with Gasteiger partial charge in [0.15, 0.2) is 5.78 Å². The van der Waals surface area contributed by atoms with E-state index in [2.05, 4.69) is 0 Å². The third-order valence-corrected chi connectivity index (χ3v) is 2.66. The topological polar surface area (TPSA) is 26.3 Å². The molecule has 0 N–H and O–H groups in total. The van der Waals surface area contributed by atoms with E-state index in [0.717, 1.165) is 5.56 Å². The van der Waals surface area contributed by atoms with Crippen molar-refractivity contribution in [2.24, 2.45) is 0 Å². The normalized spacial score (nSPS) is 10.6. The zero-order valence-corrected chi connectivity index (χ0v) is 10.5. The second-order valence-corrected chi connectivity index (χ2v) is 3.95. The fourth-order valence-electron chi connectivity index (χ4n) is 1.69. The number of halogens is 1. The molecule has 0 aliphatic heterocycles. The van der Waals surface area contributed by atoms with Gasteiger partial charge in [-0.1, -0.05) is 36.4 Å². The van der Waals surface area contributed by atoms with Crippen LogP contribution in [0.25, 0.3) is 6.08 Å². The number of hydrogen-bond donors (Lipinski definition) is 0. The number of rotatable bonds is 4. The Hall–Kier alpha value is -2.42. The van der Waals surface area contributed by atoms with Gasteiger partial charge >= 0.3 is 0 Å². The first-order valence-electron chi connectivity index (χ1n) is 5.81. The van der Waals surface area contributed by atoms with Gasteiger partial charge in [-0.05, 0) is 23.8 Å². The monoisotopic (exact) mass is 256 g/mol. The summed E-state index contributed by atoms with van der Waals surface area (Å²) in [5.41, 5.74) is 1.27. The zero-order valence-electron chi connectivity index (χ0n) is 10.5. The van der Waals surface area contributed by atoms with Crippen LogP contribution >= 0.6 is 0 Å². The van der Waals surface area contributed by atoms with E-state index < -0.39 is 5.82 Å². The smallest absolute Gasteiger partial charge is 0.189 e. The third kappa shape index (κ3) is 3.28. The predicted molar refractivity (Wildman–Crippen MR) is 72.8 cm³/mol. The van der Waals surface area contributed by atoms with E-state index in [9.17, 15) is 9.18 Å². The van der Waals surface area contributed by atoms with E-state index >= 15 is 0 Å². The molecule has 0 bridgehead atoms. The van der Waals surface area contributed by atoms with Gasteiger partial charge in [0.1, 0.15) is 11.6 Å². The molecule has 0 saturated carbocycles. The maximum atomic E-state index is 13.0. The molecule has 0 heterocycles. The van der Waals surface area contributed by atoms with Crippen LogP contribution in [-0.4, -0.2) is 12.9 Å². The van der Waals surface area contributed by atoms with Crippen LogP contribution in [0.2, 0.25) is 0 Å². The van der Waals surface area contributed by atoms with Crippen molar-refractivity contribution in [3.05, 3.63) is 71.6 Å². The Kier molecular flexibility index (Phi) is 4.08. The van der Waals surface area contributed by atoms with Gasteiger partial charge in [-0.15, -0.1) is 0 Å². The largest absolute Gasteiger partial charge is 0.496 e. The second kappa shape index (κ2) is 5.96. The molecule has 2 nitrogen and oxygen atoms in total. The van der Waals surface area contributed by atoms with Crippen LogP contribution in [0.15, 0.2) is 54.6 Å². The molecule has 2 aromatic carbocycles. The molecular weight excluding hydrogens is 243 g/mol. The van der Waals surface area contributed by atoms with Crippen LogP contribution in [0.3, 0.4) is 0 Å². The van der Waals surface area contributed by atoms with Gasteiger partial charge < -0.3 is 4.74 Å². The summed E-state index contributed by atoms with van der Waals surface area (Å²) in [7, 11) is 1.41. The van der Waals surface area contributed by atoms with E-state index in [4.69, 9.17) is 4.74 Å². The molecule has 0 saturated heterocycles. The number of hydrogen-bond acceptors (Lipinski definition) is 2. The van der Waals surface area contributed by atoms with E-state index in [-0.39, 0.29) is 11.5 Å². The molecular formula is C16H13FO2.